The van der Waals surface area contributed by atoms with E-state index in [0.29, 0.717) is 19.3 Å². The molecule has 0 amide bonds. The molecule has 0 aliphatic rings. The van der Waals surface area contributed by atoms with Gasteiger partial charge in [-0.05, 0) is 31.1 Å². The first kappa shape index (κ1) is 55.4. The molecule has 6 heteroatoms. The SMILES string of the molecule is CCCCCCCCCCCCC(=O)O[C@H](COC(=O)CCCCCCCCCCCCCCCCC(C)C)COC(=O)CCCCCCCCCCC(C)CC. The highest BCUT2D eigenvalue weighted by Gasteiger charge is 2.19. The summed E-state index contributed by atoms with van der Waals surface area (Å²) in [5.41, 5.74) is 0. The van der Waals surface area contributed by atoms with Crippen LogP contribution in [0.3, 0.4) is 0 Å². The highest BCUT2D eigenvalue weighted by Crippen LogP contribution is 2.18. The normalized spacial score (nSPS) is 12.5. The highest BCUT2D eigenvalue weighted by atomic mass is 16.6. The lowest BCUT2D eigenvalue weighted by Crippen LogP contribution is -2.30. The van der Waals surface area contributed by atoms with Crippen LogP contribution in [0.5, 0.6) is 0 Å². The molecule has 0 fully saturated rings. The van der Waals surface area contributed by atoms with Crippen molar-refractivity contribution in [3.8, 4) is 0 Å². The number of carbonyl (C=O) groups excluding carboxylic acids is 3. The van der Waals surface area contributed by atoms with Crippen molar-refractivity contribution in [2.24, 2.45) is 11.8 Å². The number of hydrogen-bond acceptors (Lipinski definition) is 6. The molecule has 0 aromatic rings. The van der Waals surface area contributed by atoms with Gasteiger partial charge in [-0.1, -0.05) is 240 Å². The summed E-state index contributed by atoms with van der Waals surface area (Å²) >= 11 is 0. The van der Waals surface area contributed by atoms with Crippen molar-refractivity contribution < 1.29 is 28.6 Å². The monoisotopic (exact) mass is 807 g/mol. The Hall–Kier alpha value is -1.59. The molecule has 57 heavy (non-hydrogen) atoms. The summed E-state index contributed by atoms with van der Waals surface area (Å²) in [7, 11) is 0. The van der Waals surface area contributed by atoms with Crippen LogP contribution in [0.25, 0.3) is 0 Å². The van der Waals surface area contributed by atoms with E-state index in [-0.39, 0.29) is 31.1 Å². The Labute approximate surface area is 355 Å². The van der Waals surface area contributed by atoms with Crippen molar-refractivity contribution in [2.75, 3.05) is 13.2 Å². The van der Waals surface area contributed by atoms with E-state index < -0.39 is 6.10 Å². The van der Waals surface area contributed by atoms with Crippen LogP contribution in [0.1, 0.15) is 279 Å². The molecule has 0 aliphatic heterocycles. The molecule has 0 saturated carbocycles. The van der Waals surface area contributed by atoms with E-state index >= 15 is 0 Å². The van der Waals surface area contributed by atoms with E-state index in [4.69, 9.17) is 14.2 Å². The van der Waals surface area contributed by atoms with Crippen molar-refractivity contribution in [1.29, 1.82) is 0 Å². The van der Waals surface area contributed by atoms with E-state index in [1.54, 1.807) is 0 Å². The van der Waals surface area contributed by atoms with Crippen LogP contribution < -0.4 is 0 Å². The number of carbonyl (C=O) groups is 3. The predicted molar refractivity (Wildman–Crippen MR) is 243 cm³/mol. The second-order valence-corrected chi connectivity index (χ2v) is 18.2. The summed E-state index contributed by atoms with van der Waals surface area (Å²) in [5, 5.41) is 0. The molecule has 0 rings (SSSR count). The van der Waals surface area contributed by atoms with E-state index in [0.717, 1.165) is 69.6 Å². The molecule has 0 spiro atoms. The zero-order valence-corrected chi connectivity index (χ0v) is 39.0. The second kappa shape index (κ2) is 44.0. The van der Waals surface area contributed by atoms with Crippen LogP contribution >= 0.6 is 0 Å². The predicted octanol–water partition coefficient (Wildman–Crippen LogP) is 16.1. The maximum Gasteiger partial charge on any atom is 0.306 e. The Morgan fingerprint density at radius 1 is 0.368 bits per heavy atom. The van der Waals surface area contributed by atoms with Gasteiger partial charge in [0.2, 0.25) is 0 Å². The first-order valence-corrected chi connectivity index (χ1v) is 25.3. The van der Waals surface area contributed by atoms with Gasteiger partial charge in [-0.25, -0.2) is 0 Å². The van der Waals surface area contributed by atoms with Crippen LogP contribution in [-0.2, 0) is 28.6 Å². The number of rotatable bonds is 45. The van der Waals surface area contributed by atoms with Crippen LogP contribution in [0.4, 0.5) is 0 Å². The minimum Gasteiger partial charge on any atom is -0.462 e. The summed E-state index contributed by atoms with van der Waals surface area (Å²) < 4.78 is 16.8. The number of esters is 3. The summed E-state index contributed by atoms with van der Waals surface area (Å²) in [6.07, 6.45) is 43.7. The Bertz CT molecular complexity index is 872. The third kappa shape index (κ3) is 43.8. The minimum atomic E-state index is -0.761. The molecule has 2 atom stereocenters. The largest absolute Gasteiger partial charge is 0.462 e. The van der Waals surface area contributed by atoms with Crippen molar-refractivity contribution >= 4 is 17.9 Å². The fourth-order valence-electron chi connectivity index (χ4n) is 7.60. The molecule has 0 aromatic carbocycles. The van der Waals surface area contributed by atoms with Gasteiger partial charge in [0.15, 0.2) is 6.10 Å². The van der Waals surface area contributed by atoms with Crippen molar-refractivity contribution in [3.05, 3.63) is 0 Å². The molecule has 0 N–H and O–H groups in total. The van der Waals surface area contributed by atoms with E-state index in [9.17, 15) is 14.4 Å². The third-order valence-electron chi connectivity index (χ3n) is 11.8. The number of hydrogen-bond donors (Lipinski definition) is 0. The molecule has 1 unspecified atom stereocenters. The number of unbranched alkanes of at least 4 members (excludes halogenated alkanes) is 29. The van der Waals surface area contributed by atoms with Crippen LogP contribution in [0.2, 0.25) is 0 Å². The highest BCUT2D eigenvalue weighted by molar-refractivity contribution is 5.71. The third-order valence-corrected chi connectivity index (χ3v) is 11.8. The smallest absolute Gasteiger partial charge is 0.306 e. The lowest BCUT2D eigenvalue weighted by molar-refractivity contribution is -0.167. The topological polar surface area (TPSA) is 78.9 Å². The molecule has 0 bridgehead atoms. The van der Waals surface area contributed by atoms with Crippen LogP contribution in [0.15, 0.2) is 0 Å². The maximum atomic E-state index is 12.7. The van der Waals surface area contributed by atoms with Gasteiger partial charge >= 0.3 is 17.9 Å². The standard InChI is InChI=1S/C51H98O6/c1-6-8-9-10-11-12-20-28-33-38-43-51(54)57-48(45-56-50(53)42-37-32-27-23-22-25-30-35-40-47(5)7-2)44-55-49(52)41-36-31-26-21-18-16-14-13-15-17-19-24-29-34-39-46(3)4/h46-48H,6-45H2,1-5H3/t47?,48-/m1/s1. The quantitative estimate of drug-likeness (QED) is 0.0346. The molecular formula is C51H98O6. The fourth-order valence-corrected chi connectivity index (χ4v) is 7.60. The lowest BCUT2D eigenvalue weighted by atomic mass is 9.99. The minimum absolute atomic E-state index is 0.0641. The molecule has 0 saturated heterocycles. The Morgan fingerprint density at radius 3 is 1.00 bits per heavy atom. The van der Waals surface area contributed by atoms with Gasteiger partial charge in [0.05, 0.1) is 0 Å². The first-order valence-electron chi connectivity index (χ1n) is 25.3. The van der Waals surface area contributed by atoms with Crippen molar-refractivity contribution in [2.45, 2.75) is 285 Å². The Kier molecular flexibility index (Phi) is 42.7. The molecule has 6 nitrogen and oxygen atoms in total. The van der Waals surface area contributed by atoms with Crippen LogP contribution in [0, 0.1) is 11.8 Å². The lowest BCUT2D eigenvalue weighted by Gasteiger charge is -2.18. The van der Waals surface area contributed by atoms with Crippen molar-refractivity contribution in [3.63, 3.8) is 0 Å². The average Bonchev–Trinajstić information content (AvgIpc) is 3.19. The maximum absolute atomic E-state index is 12.7. The van der Waals surface area contributed by atoms with Gasteiger partial charge in [-0.15, -0.1) is 0 Å². The summed E-state index contributed by atoms with van der Waals surface area (Å²) in [6.45, 7) is 11.4. The first-order chi connectivity index (χ1) is 27.8. The van der Waals surface area contributed by atoms with Crippen LogP contribution in [-0.4, -0.2) is 37.2 Å². The zero-order valence-electron chi connectivity index (χ0n) is 39.0. The van der Waals surface area contributed by atoms with E-state index in [2.05, 4.69) is 34.6 Å². The molecule has 338 valence electrons. The summed E-state index contributed by atoms with van der Waals surface area (Å²) in [5.74, 6) is 0.840. The molecule has 0 radical (unpaired) electrons. The fraction of sp³-hybridized carbons (Fsp3) is 0.941. The average molecular weight is 807 g/mol. The van der Waals surface area contributed by atoms with Gasteiger partial charge in [0, 0.05) is 19.3 Å². The van der Waals surface area contributed by atoms with Gasteiger partial charge < -0.3 is 14.2 Å². The van der Waals surface area contributed by atoms with Gasteiger partial charge in [0.25, 0.3) is 0 Å². The Balaban J connectivity index is 4.27. The molecule has 0 aromatic heterocycles. The summed E-state index contributed by atoms with van der Waals surface area (Å²) in [4.78, 5) is 37.8. The van der Waals surface area contributed by atoms with E-state index in [1.165, 1.54) is 167 Å². The zero-order chi connectivity index (χ0) is 41.9. The van der Waals surface area contributed by atoms with Crippen molar-refractivity contribution in [1.82, 2.24) is 0 Å². The van der Waals surface area contributed by atoms with Gasteiger partial charge in [0.1, 0.15) is 13.2 Å². The summed E-state index contributed by atoms with van der Waals surface area (Å²) in [6, 6.07) is 0. The van der Waals surface area contributed by atoms with Gasteiger partial charge in [-0.2, -0.15) is 0 Å². The number of ether oxygens (including phenoxy) is 3. The second-order valence-electron chi connectivity index (χ2n) is 18.2. The molecular weight excluding hydrogens is 709 g/mol. The van der Waals surface area contributed by atoms with E-state index in [1.807, 2.05) is 0 Å². The Morgan fingerprint density at radius 2 is 0.667 bits per heavy atom. The molecule has 0 aliphatic carbocycles. The molecule has 0 heterocycles. The van der Waals surface area contributed by atoms with Gasteiger partial charge in [-0.3, -0.25) is 14.4 Å².